The molecule has 0 bridgehead atoms. The number of phenols is 2. The number of rotatable bonds is 2. The molecule has 0 amide bonds. The van der Waals surface area contributed by atoms with Gasteiger partial charge in [-0.05, 0) is 24.3 Å². The van der Waals surface area contributed by atoms with Gasteiger partial charge in [0, 0.05) is 24.3 Å². The average Bonchev–Trinajstić information content (AvgIpc) is 2.40. The van der Waals surface area contributed by atoms with Gasteiger partial charge in [0.05, 0.1) is 9.85 Å². The number of non-ortho nitro benzene ring substituents is 2. The number of hydrogen-bond acceptors (Lipinski definition) is 6. The van der Waals surface area contributed by atoms with Crippen molar-refractivity contribution in [2.45, 2.75) is 0 Å². The molecule has 8 nitrogen and oxygen atoms in total. The smallest absolute Gasteiger partial charge is 0.508 e. The van der Waals surface area contributed by atoms with Crippen LogP contribution in [0, 0.1) is 20.2 Å². The zero-order valence-corrected chi connectivity index (χ0v) is 13.0. The molecule has 104 valence electrons. The normalized spacial score (nSPS) is 8.76. The fourth-order valence-electron chi connectivity index (χ4n) is 1.15. The van der Waals surface area contributed by atoms with E-state index in [1.807, 2.05) is 0 Å². The molecule has 0 spiro atoms. The molecule has 0 radical (unpaired) electrons. The Morgan fingerprint density at radius 3 is 1.10 bits per heavy atom. The molecular formula is C12H10CaN2O6+2. The van der Waals surface area contributed by atoms with Crippen LogP contribution in [0.15, 0.2) is 48.5 Å². The van der Waals surface area contributed by atoms with E-state index < -0.39 is 9.85 Å². The Balaban J connectivity index is 0.000000364. The predicted molar refractivity (Wildman–Crippen MR) is 75.3 cm³/mol. The molecule has 21 heavy (non-hydrogen) atoms. The minimum Gasteiger partial charge on any atom is -0.508 e. The monoisotopic (exact) mass is 318 g/mol. The van der Waals surface area contributed by atoms with E-state index in [2.05, 4.69) is 0 Å². The molecule has 0 atom stereocenters. The Morgan fingerprint density at radius 2 is 0.905 bits per heavy atom. The largest absolute Gasteiger partial charge is 2.00 e. The van der Waals surface area contributed by atoms with Gasteiger partial charge in [0.25, 0.3) is 11.4 Å². The molecule has 0 saturated carbocycles. The van der Waals surface area contributed by atoms with Crippen LogP contribution in [0.4, 0.5) is 11.4 Å². The number of nitro groups is 2. The van der Waals surface area contributed by atoms with Gasteiger partial charge in [0.15, 0.2) is 0 Å². The minimum absolute atomic E-state index is 0. The van der Waals surface area contributed by atoms with Crippen LogP contribution in [-0.4, -0.2) is 57.8 Å². The summed E-state index contributed by atoms with van der Waals surface area (Å²) in [6.45, 7) is 0. The molecule has 0 fully saturated rings. The molecule has 0 unspecified atom stereocenters. The van der Waals surface area contributed by atoms with E-state index in [-0.39, 0.29) is 60.6 Å². The van der Waals surface area contributed by atoms with Crippen molar-refractivity contribution in [3.05, 3.63) is 68.8 Å². The molecule has 2 aromatic carbocycles. The van der Waals surface area contributed by atoms with E-state index in [4.69, 9.17) is 10.2 Å². The summed E-state index contributed by atoms with van der Waals surface area (Å²) in [7, 11) is 0. The Labute approximate surface area is 149 Å². The maximum Gasteiger partial charge on any atom is 2.00 e. The van der Waals surface area contributed by atoms with E-state index in [1.165, 1.54) is 48.5 Å². The van der Waals surface area contributed by atoms with Crippen molar-refractivity contribution in [3.63, 3.8) is 0 Å². The van der Waals surface area contributed by atoms with E-state index in [1.54, 1.807) is 0 Å². The number of hydrogen-bond donors (Lipinski definition) is 2. The quantitative estimate of drug-likeness (QED) is 0.496. The zero-order valence-electron chi connectivity index (χ0n) is 10.7. The maximum atomic E-state index is 10.0. The van der Waals surface area contributed by atoms with Crippen LogP contribution in [0.2, 0.25) is 0 Å². The topological polar surface area (TPSA) is 127 Å². The van der Waals surface area contributed by atoms with Crippen LogP contribution in [0.5, 0.6) is 11.5 Å². The molecule has 2 N–H and O–H groups in total. The van der Waals surface area contributed by atoms with Gasteiger partial charge >= 0.3 is 37.7 Å². The number of benzene rings is 2. The average molecular weight is 318 g/mol. The Bertz CT molecular complexity index is 545. The summed E-state index contributed by atoms with van der Waals surface area (Å²) in [5.41, 5.74) is -0.0319. The van der Waals surface area contributed by atoms with Gasteiger partial charge in [-0.3, -0.25) is 20.2 Å². The molecule has 0 saturated heterocycles. The molecule has 0 aliphatic rings. The summed E-state index contributed by atoms with van der Waals surface area (Å²) < 4.78 is 0. The summed E-state index contributed by atoms with van der Waals surface area (Å²) in [4.78, 5) is 19.0. The molecule has 0 aliphatic carbocycles. The number of nitrogens with zero attached hydrogens (tertiary/aromatic N) is 2. The van der Waals surface area contributed by atoms with Crippen molar-refractivity contribution in [2.24, 2.45) is 0 Å². The van der Waals surface area contributed by atoms with E-state index in [0.717, 1.165) is 0 Å². The third-order valence-electron chi connectivity index (χ3n) is 2.12. The number of aromatic hydroxyl groups is 2. The zero-order chi connectivity index (χ0) is 15.1. The fourth-order valence-corrected chi connectivity index (χ4v) is 1.15. The van der Waals surface area contributed by atoms with Crippen LogP contribution in [-0.2, 0) is 0 Å². The SMILES string of the molecule is O=[N+]([O-])c1ccc(O)cc1.O=[N+]([O-])c1ccc(O)cc1.[Ca+2]. The molecule has 0 aromatic heterocycles. The van der Waals surface area contributed by atoms with Crippen molar-refractivity contribution in [1.82, 2.24) is 0 Å². The summed E-state index contributed by atoms with van der Waals surface area (Å²) in [5, 5.41) is 37.5. The van der Waals surface area contributed by atoms with Gasteiger partial charge in [-0.25, -0.2) is 0 Å². The Hall–Kier alpha value is -1.90. The number of phenolic OH excluding ortho intramolecular Hbond substituents is 2. The van der Waals surface area contributed by atoms with Crippen molar-refractivity contribution in [3.8, 4) is 11.5 Å². The molecule has 9 heteroatoms. The van der Waals surface area contributed by atoms with Crippen molar-refractivity contribution < 1.29 is 20.1 Å². The first-order valence-corrected chi connectivity index (χ1v) is 5.27. The third-order valence-corrected chi connectivity index (χ3v) is 2.12. The van der Waals surface area contributed by atoms with Crippen molar-refractivity contribution >= 4 is 49.1 Å². The van der Waals surface area contributed by atoms with E-state index in [9.17, 15) is 20.2 Å². The van der Waals surface area contributed by atoms with E-state index >= 15 is 0 Å². The van der Waals surface area contributed by atoms with Crippen LogP contribution in [0.25, 0.3) is 0 Å². The minimum atomic E-state index is -0.514. The van der Waals surface area contributed by atoms with Gasteiger partial charge in [-0.15, -0.1) is 0 Å². The maximum absolute atomic E-state index is 10.0. The van der Waals surface area contributed by atoms with Gasteiger partial charge < -0.3 is 10.2 Å². The first-order chi connectivity index (χ1) is 9.40. The van der Waals surface area contributed by atoms with Crippen molar-refractivity contribution in [1.29, 1.82) is 0 Å². The predicted octanol–water partition coefficient (Wildman–Crippen LogP) is 2.22. The van der Waals surface area contributed by atoms with Crippen molar-refractivity contribution in [2.75, 3.05) is 0 Å². The summed E-state index contributed by atoms with van der Waals surface area (Å²) >= 11 is 0. The molecule has 0 aliphatic heterocycles. The summed E-state index contributed by atoms with van der Waals surface area (Å²) in [6, 6.07) is 10.1. The van der Waals surface area contributed by atoms with Crippen LogP contribution >= 0.6 is 0 Å². The molecule has 2 aromatic rings. The third kappa shape index (κ3) is 6.89. The standard InChI is InChI=1S/2C6H5NO3.Ca/c2*8-6-3-1-5(2-4-6)7(9)10;/h2*1-4,8H;/q;;+2. The van der Waals surface area contributed by atoms with Crippen LogP contribution in [0.1, 0.15) is 0 Å². The Morgan fingerprint density at radius 1 is 0.667 bits per heavy atom. The molecule has 0 heterocycles. The first kappa shape index (κ1) is 19.1. The number of nitro benzene ring substituents is 2. The summed E-state index contributed by atoms with van der Waals surface area (Å²) in [5.74, 6) is 0.0659. The van der Waals surface area contributed by atoms with Gasteiger partial charge in [-0.2, -0.15) is 0 Å². The Kier molecular flexibility index (Phi) is 8.29. The summed E-state index contributed by atoms with van der Waals surface area (Å²) in [6.07, 6.45) is 0. The molecule has 2 rings (SSSR count). The van der Waals surface area contributed by atoms with Crippen LogP contribution < -0.4 is 0 Å². The van der Waals surface area contributed by atoms with Gasteiger partial charge in [-0.1, -0.05) is 0 Å². The van der Waals surface area contributed by atoms with E-state index in [0.29, 0.717) is 0 Å². The molecular weight excluding hydrogens is 308 g/mol. The second kappa shape index (κ2) is 9.11. The second-order valence-corrected chi connectivity index (χ2v) is 3.55. The van der Waals surface area contributed by atoms with Gasteiger partial charge in [0.2, 0.25) is 0 Å². The van der Waals surface area contributed by atoms with Crippen LogP contribution in [0.3, 0.4) is 0 Å². The van der Waals surface area contributed by atoms with Gasteiger partial charge in [0.1, 0.15) is 11.5 Å². The fraction of sp³-hybridized carbons (Fsp3) is 0. The second-order valence-electron chi connectivity index (χ2n) is 3.55. The first-order valence-electron chi connectivity index (χ1n) is 5.27.